The van der Waals surface area contributed by atoms with Crippen molar-refractivity contribution in [2.75, 3.05) is 12.4 Å². The minimum Gasteiger partial charge on any atom is -0.365 e. The average Bonchev–Trinajstić information content (AvgIpc) is 2.73. The molecule has 1 heterocycles. The molecule has 2 nitrogen and oxygen atoms in total. The molecule has 2 rings (SSSR count). The van der Waals surface area contributed by atoms with Gasteiger partial charge in [-0.25, -0.2) is 13.8 Å². The van der Waals surface area contributed by atoms with E-state index in [9.17, 15) is 8.78 Å². The summed E-state index contributed by atoms with van der Waals surface area (Å²) in [6, 6.07) is 0.898. The molecule has 1 aromatic heterocycles. The van der Waals surface area contributed by atoms with Gasteiger partial charge < -0.3 is 5.32 Å². The number of aromatic nitrogens is 1. The van der Waals surface area contributed by atoms with E-state index in [2.05, 4.69) is 10.3 Å². The summed E-state index contributed by atoms with van der Waals surface area (Å²) in [6.07, 6.45) is 0. The molecule has 0 fully saturated rings. The second-order valence-corrected chi connectivity index (χ2v) is 3.91. The molecule has 0 amide bonds. The molecule has 0 saturated carbocycles. The summed E-state index contributed by atoms with van der Waals surface area (Å²) in [5.74, 6) is -1.11. The lowest BCUT2D eigenvalue weighted by Crippen LogP contribution is -1.88. The molecule has 88 valence electrons. The summed E-state index contributed by atoms with van der Waals surface area (Å²) in [4.78, 5) is 4.08. The lowest BCUT2D eigenvalue weighted by Gasteiger charge is -1.97. The summed E-state index contributed by atoms with van der Waals surface area (Å²) >= 11 is 1.18. The number of thiazole rings is 1. The first-order chi connectivity index (χ1) is 7.63. The number of fused-ring (bicyclic) bond motifs is 1. The molecule has 0 unspecified atom stereocenters. The molecule has 0 saturated heterocycles. The van der Waals surface area contributed by atoms with Gasteiger partial charge in [0.1, 0.15) is 11.6 Å². The Morgan fingerprint density at radius 3 is 2.44 bits per heavy atom. The lowest BCUT2D eigenvalue weighted by molar-refractivity contribution is 0.587. The van der Waals surface area contributed by atoms with E-state index in [0.717, 1.165) is 6.07 Å². The minimum absolute atomic E-state index is 0.388. The van der Waals surface area contributed by atoms with E-state index in [1.807, 2.05) is 13.8 Å². The number of aryl methyl sites for hydroxylation is 1. The Morgan fingerprint density at radius 2 is 1.88 bits per heavy atom. The van der Waals surface area contributed by atoms with Crippen molar-refractivity contribution in [3.63, 3.8) is 0 Å². The Labute approximate surface area is 97.3 Å². The quantitative estimate of drug-likeness (QED) is 0.821. The first-order valence-electron chi connectivity index (χ1n) is 5.06. The standard InChI is InChI=1S/C9H8F2N2S.C2H6/c1-4-5(10)3-6(11)8-7(4)13-9(12-2)14-8;1-2/h3H,1-2H3,(H,12,13);1-2H3. The van der Waals surface area contributed by atoms with Crippen molar-refractivity contribution in [2.45, 2.75) is 20.8 Å². The molecule has 0 radical (unpaired) electrons. The monoisotopic (exact) mass is 244 g/mol. The Hall–Kier alpha value is -1.23. The van der Waals surface area contributed by atoms with Gasteiger partial charge in [-0.05, 0) is 6.92 Å². The Morgan fingerprint density at radius 1 is 1.25 bits per heavy atom. The minimum atomic E-state index is -0.554. The molecule has 0 spiro atoms. The normalized spacial score (nSPS) is 9.88. The van der Waals surface area contributed by atoms with Crippen molar-refractivity contribution in [1.82, 2.24) is 4.98 Å². The van der Waals surface area contributed by atoms with Crippen LogP contribution in [0.5, 0.6) is 0 Å². The summed E-state index contributed by atoms with van der Waals surface area (Å²) in [5.41, 5.74) is 0.788. The van der Waals surface area contributed by atoms with E-state index in [1.54, 1.807) is 14.0 Å². The van der Waals surface area contributed by atoms with Crippen LogP contribution in [0.4, 0.5) is 13.9 Å². The summed E-state index contributed by atoms with van der Waals surface area (Å²) in [5, 5.41) is 3.40. The van der Waals surface area contributed by atoms with Crippen molar-refractivity contribution in [3.05, 3.63) is 23.3 Å². The van der Waals surface area contributed by atoms with E-state index < -0.39 is 11.6 Å². The first-order valence-corrected chi connectivity index (χ1v) is 5.88. The van der Waals surface area contributed by atoms with Crippen LogP contribution in [-0.4, -0.2) is 12.0 Å². The second kappa shape index (κ2) is 5.21. The molecular weight excluding hydrogens is 230 g/mol. The average molecular weight is 244 g/mol. The highest BCUT2D eigenvalue weighted by Gasteiger charge is 2.13. The number of benzene rings is 1. The zero-order chi connectivity index (χ0) is 12.3. The number of hydrogen-bond acceptors (Lipinski definition) is 3. The molecule has 0 atom stereocenters. The van der Waals surface area contributed by atoms with Crippen LogP contribution in [0, 0.1) is 18.6 Å². The highest BCUT2D eigenvalue weighted by molar-refractivity contribution is 7.22. The molecule has 2 aromatic rings. The van der Waals surface area contributed by atoms with Gasteiger partial charge in [0.15, 0.2) is 5.13 Å². The van der Waals surface area contributed by atoms with Crippen LogP contribution in [0.15, 0.2) is 6.07 Å². The van der Waals surface area contributed by atoms with Crippen LogP contribution in [-0.2, 0) is 0 Å². The number of hydrogen-bond donors (Lipinski definition) is 1. The smallest absolute Gasteiger partial charge is 0.183 e. The van der Waals surface area contributed by atoms with Crippen molar-refractivity contribution in [1.29, 1.82) is 0 Å². The van der Waals surface area contributed by atoms with Gasteiger partial charge in [0, 0.05) is 18.7 Å². The molecule has 0 aliphatic carbocycles. The fourth-order valence-corrected chi connectivity index (χ4v) is 2.13. The highest BCUT2D eigenvalue weighted by Crippen LogP contribution is 2.31. The van der Waals surface area contributed by atoms with E-state index in [4.69, 9.17) is 0 Å². The zero-order valence-electron chi connectivity index (χ0n) is 9.69. The van der Waals surface area contributed by atoms with Gasteiger partial charge >= 0.3 is 0 Å². The molecule has 0 bridgehead atoms. The predicted molar refractivity (Wildman–Crippen MR) is 65.2 cm³/mol. The van der Waals surface area contributed by atoms with Crippen LogP contribution in [0.25, 0.3) is 10.2 Å². The van der Waals surface area contributed by atoms with Crippen molar-refractivity contribution < 1.29 is 8.78 Å². The third-order valence-corrected chi connectivity index (χ3v) is 3.11. The zero-order valence-corrected chi connectivity index (χ0v) is 10.5. The van der Waals surface area contributed by atoms with E-state index in [1.165, 1.54) is 11.3 Å². The van der Waals surface area contributed by atoms with Gasteiger partial charge in [-0.3, -0.25) is 0 Å². The SMILES string of the molecule is CC.CNc1nc2c(C)c(F)cc(F)c2s1. The highest BCUT2D eigenvalue weighted by atomic mass is 32.1. The third kappa shape index (κ3) is 2.14. The number of rotatable bonds is 1. The number of anilines is 1. The van der Waals surface area contributed by atoms with Crippen LogP contribution < -0.4 is 5.32 Å². The first kappa shape index (κ1) is 12.8. The summed E-state index contributed by atoms with van der Waals surface area (Å²) in [7, 11) is 1.70. The molecule has 0 aliphatic rings. The van der Waals surface area contributed by atoms with Gasteiger partial charge in [0.25, 0.3) is 0 Å². The summed E-state index contributed by atoms with van der Waals surface area (Å²) in [6.45, 7) is 5.59. The second-order valence-electron chi connectivity index (χ2n) is 2.91. The molecule has 0 aliphatic heterocycles. The van der Waals surface area contributed by atoms with Crippen molar-refractivity contribution in [3.8, 4) is 0 Å². The Kier molecular flexibility index (Phi) is 4.18. The molecule has 5 heteroatoms. The van der Waals surface area contributed by atoms with Gasteiger partial charge in [-0.2, -0.15) is 0 Å². The van der Waals surface area contributed by atoms with E-state index >= 15 is 0 Å². The Balaban J connectivity index is 0.000000606. The third-order valence-electron chi connectivity index (χ3n) is 2.02. The Bertz CT molecular complexity index is 494. The number of nitrogens with zero attached hydrogens (tertiary/aromatic N) is 1. The fourth-order valence-electron chi connectivity index (χ4n) is 1.24. The summed E-state index contributed by atoms with van der Waals surface area (Å²) < 4.78 is 26.8. The molecule has 1 N–H and O–H groups in total. The van der Waals surface area contributed by atoms with Crippen LogP contribution in [0.1, 0.15) is 19.4 Å². The maximum absolute atomic E-state index is 13.3. The van der Waals surface area contributed by atoms with Crippen molar-refractivity contribution in [2.24, 2.45) is 0 Å². The van der Waals surface area contributed by atoms with Gasteiger partial charge in [-0.1, -0.05) is 25.2 Å². The maximum atomic E-state index is 13.3. The molecule has 16 heavy (non-hydrogen) atoms. The lowest BCUT2D eigenvalue weighted by atomic mass is 10.2. The van der Waals surface area contributed by atoms with Crippen LogP contribution in [0.2, 0.25) is 0 Å². The number of nitrogens with one attached hydrogen (secondary N) is 1. The van der Waals surface area contributed by atoms with Gasteiger partial charge in [0.2, 0.25) is 0 Å². The largest absolute Gasteiger partial charge is 0.365 e. The number of halogens is 2. The van der Waals surface area contributed by atoms with Crippen LogP contribution >= 0.6 is 11.3 Å². The fraction of sp³-hybridized carbons (Fsp3) is 0.364. The van der Waals surface area contributed by atoms with Crippen LogP contribution in [0.3, 0.4) is 0 Å². The topological polar surface area (TPSA) is 24.9 Å². The maximum Gasteiger partial charge on any atom is 0.183 e. The van der Waals surface area contributed by atoms with E-state index in [-0.39, 0.29) is 0 Å². The molecular formula is C11H14F2N2S. The van der Waals surface area contributed by atoms with Crippen molar-refractivity contribution >= 4 is 26.7 Å². The van der Waals surface area contributed by atoms with E-state index in [0.29, 0.717) is 20.9 Å². The molecule has 1 aromatic carbocycles. The van der Waals surface area contributed by atoms with Gasteiger partial charge in [0.05, 0.1) is 10.2 Å². The van der Waals surface area contributed by atoms with Gasteiger partial charge in [-0.15, -0.1) is 0 Å². The predicted octanol–water partition coefficient (Wildman–Crippen LogP) is 3.95.